The molecule has 1 aromatic rings. The Morgan fingerprint density at radius 3 is 2.56 bits per heavy atom. The Morgan fingerprint density at radius 1 is 1.44 bits per heavy atom. The van der Waals surface area contributed by atoms with Gasteiger partial charge in [0.25, 0.3) is 0 Å². The van der Waals surface area contributed by atoms with Crippen molar-refractivity contribution >= 4 is 5.84 Å². The van der Waals surface area contributed by atoms with Crippen LogP contribution in [0.2, 0.25) is 0 Å². The number of nitrogens with two attached hydrogens (primary N) is 1. The molecule has 88 valence electrons. The smallest absolute Gasteiger partial charge is 0.419 e. The fourth-order valence-electron chi connectivity index (χ4n) is 1.18. The normalized spacial score (nSPS) is 12.9. The molecule has 3 N–H and O–H groups in total. The van der Waals surface area contributed by atoms with Crippen molar-refractivity contribution in [1.82, 2.24) is 0 Å². The van der Waals surface area contributed by atoms with E-state index in [4.69, 9.17) is 10.8 Å². The summed E-state index contributed by atoms with van der Waals surface area (Å²) in [7, 11) is 0. The highest BCUT2D eigenvalue weighted by atomic mass is 19.4. The van der Waals surface area contributed by atoms with E-state index in [1.807, 2.05) is 0 Å². The van der Waals surface area contributed by atoms with Gasteiger partial charge < -0.3 is 10.8 Å². The van der Waals surface area contributed by atoms with Gasteiger partial charge in [-0.25, -0.2) is 0 Å². The van der Waals surface area contributed by atoms with Crippen molar-refractivity contribution < 1.29 is 18.3 Å². The van der Waals surface area contributed by atoms with Crippen LogP contribution in [0.15, 0.2) is 23.2 Å². The topological polar surface area (TPSA) is 58.6 Å². The Morgan fingerprint density at radius 2 is 2.06 bits per heavy atom. The lowest BCUT2D eigenvalue weighted by molar-refractivity contribution is -0.138. The molecule has 0 aliphatic heterocycles. The Labute approximate surface area is 90.4 Å². The molecule has 0 radical (unpaired) electrons. The van der Waals surface area contributed by atoms with Crippen LogP contribution >= 0.6 is 0 Å². The van der Waals surface area contributed by atoms with E-state index in [9.17, 15) is 13.2 Å². The van der Waals surface area contributed by atoms with Crippen LogP contribution in [0.3, 0.4) is 0 Å². The molecule has 0 heterocycles. The molecule has 0 aliphatic carbocycles. The monoisotopic (exact) mass is 232 g/mol. The first-order valence-corrected chi connectivity index (χ1v) is 4.56. The van der Waals surface area contributed by atoms with E-state index < -0.39 is 17.5 Å². The van der Waals surface area contributed by atoms with E-state index in [-0.39, 0.29) is 11.4 Å². The van der Waals surface area contributed by atoms with E-state index in [1.54, 1.807) is 6.92 Å². The van der Waals surface area contributed by atoms with Crippen molar-refractivity contribution in [2.45, 2.75) is 13.1 Å². The average molecular weight is 232 g/mol. The number of phenolic OH excluding ortho intramolecular Hbond substituents is 1. The molecule has 1 aromatic carbocycles. The molecule has 3 nitrogen and oxygen atoms in total. The van der Waals surface area contributed by atoms with Crippen LogP contribution in [-0.4, -0.2) is 17.5 Å². The van der Waals surface area contributed by atoms with Gasteiger partial charge in [-0.2, -0.15) is 13.2 Å². The summed E-state index contributed by atoms with van der Waals surface area (Å²) < 4.78 is 37.3. The van der Waals surface area contributed by atoms with Crippen LogP contribution in [0.1, 0.15) is 18.1 Å². The molecule has 6 heteroatoms. The maximum Gasteiger partial charge on any atom is 0.419 e. The number of nitrogens with zero attached hydrogens (tertiary/aromatic N) is 1. The number of alkyl halides is 3. The second-order valence-electron chi connectivity index (χ2n) is 3.09. The zero-order valence-corrected chi connectivity index (χ0v) is 8.54. The van der Waals surface area contributed by atoms with Crippen LogP contribution in [-0.2, 0) is 6.18 Å². The van der Waals surface area contributed by atoms with E-state index in [1.165, 1.54) is 6.07 Å². The van der Waals surface area contributed by atoms with Gasteiger partial charge in [0, 0.05) is 12.1 Å². The summed E-state index contributed by atoms with van der Waals surface area (Å²) in [6.45, 7) is 2.10. The van der Waals surface area contributed by atoms with Crippen LogP contribution in [0.5, 0.6) is 5.75 Å². The predicted molar refractivity (Wildman–Crippen MR) is 54.4 cm³/mol. The molecule has 0 bridgehead atoms. The van der Waals surface area contributed by atoms with E-state index >= 15 is 0 Å². The zero-order valence-electron chi connectivity index (χ0n) is 8.54. The Balaban J connectivity index is 3.23. The molecule has 1 rings (SSSR count). The van der Waals surface area contributed by atoms with Crippen LogP contribution in [0.25, 0.3) is 0 Å². The van der Waals surface area contributed by atoms with Gasteiger partial charge in [-0.05, 0) is 25.1 Å². The van der Waals surface area contributed by atoms with Crippen molar-refractivity contribution in [2.24, 2.45) is 10.7 Å². The highest BCUT2D eigenvalue weighted by Crippen LogP contribution is 2.35. The molecule has 0 atom stereocenters. The van der Waals surface area contributed by atoms with Gasteiger partial charge in [-0.15, -0.1) is 0 Å². The van der Waals surface area contributed by atoms with Gasteiger partial charge in [0.05, 0.1) is 5.56 Å². The minimum atomic E-state index is -4.60. The number of rotatable bonds is 2. The molecule has 0 aliphatic rings. The molecule has 0 aromatic heterocycles. The highest BCUT2D eigenvalue weighted by Gasteiger charge is 2.34. The van der Waals surface area contributed by atoms with Gasteiger partial charge in [-0.3, -0.25) is 4.99 Å². The summed E-state index contributed by atoms with van der Waals surface area (Å²) in [6, 6.07) is 3.03. The first kappa shape index (κ1) is 12.4. The Hall–Kier alpha value is -1.72. The van der Waals surface area contributed by atoms with Gasteiger partial charge in [0.1, 0.15) is 11.6 Å². The standard InChI is InChI=1S/C10H11F3N2O/c1-2-15-9(14)6-3-4-8(16)7(5-6)10(11,12)13/h3-5,16H,2H2,1H3,(H2,14,15). The number of hydrogen-bond donors (Lipinski definition) is 2. The Bertz CT molecular complexity index is 413. The molecular weight excluding hydrogens is 221 g/mol. The SMILES string of the molecule is CCN=C(N)c1ccc(O)c(C(F)(F)F)c1. The van der Waals surface area contributed by atoms with E-state index in [2.05, 4.69) is 4.99 Å². The minimum Gasteiger partial charge on any atom is -0.507 e. The lowest BCUT2D eigenvalue weighted by Gasteiger charge is -2.10. The third-order valence-corrected chi connectivity index (χ3v) is 1.93. The highest BCUT2D eigenvalue weighted by molar-refractivity contribution is 5.97. The molecule has 0 fully saturated rings. The van der Waals surface area contributed by atoms with E-state index in [0.717, 1.165) is 12.1 Å². The number of amidine groups is 1. The first-order valence-electron chi connectivity index (χ1n) is 4.56. The second-order valence-corrected chi connectivity index (χ2v) is 3.09. The van der Waals surface area contributed by atoms with Crippen molar-refractivity contribution in [3.05, 3.63) is 29.3 Å². The lowest BCUT2D eigenvalue weighted by atomic mass is 10.1. The number of aromatic hydroxyl groups is 1. The number of aliphatic imine (C=N–C) groups is 1. The third-order valence-electron chi connectivity index (χ3n) is 1.93. The fourth-order valence-corrected chi connectivity index (χ4v) is 1.18. The Kier molecular flexibility index (Phi) is 3.41. The van der Waals surface area contributed by atoms with Gasteiger partial charge in [-0.1, -0.05) is 0 Å². The predicted octanol–water partition coefficient (Wildman–Crippen LogP) is 2.14. The lowest BCUT2D eigenvalue weighted by Crippen LogP contribution is -2.15. The molecule has 0 saturated heterocycles. The van der Waals surface area contributed by atoms with Crippen LogP contribution in [0, 0.1) is 0 Å². The second kappa shape index (κ2) is 4.42. The largest absolute Gasteiger partial charge is 0.507 e. The molecule has 16 heavy (non-hydrogen) atoms. The summed E-state index contributed by atoms with van der Waals surface area (Å²) in [6.07, 6.45) is -4.60. The summed E-state index contributed by atoms with van der Waals surface area (Å²) >= 11 is 0. The molecular formula is C10H11F3N2O. The van der Waals surface area contributed by atoms with Gasteiger partial charge >= 0.3 is 6.18 Å². The number of halogens is 3. The third kappa shape index (κ3) is 2.65. The molecule has 0 amide bonds. The molecule has 0 saturated carbocycles. The quantitative estimate of drug-likeness (QED) is 0.606. The van der Waals surface area contributed by atoms with E-state index in [0.29, 0.717) is 6.54 Å². The fraction of sp³-hybridized carbons (Fsp3) is 0.300. The number of phenols is 1. The molecule has 0 unspecified atom stereocenters. The summed E-state index contributed by atoms with van der Waals surface area (Å²) in [4.78, 5) is 3.79. The van der Waals surface area contributed by atoms with Crippen molar-refractivity contribution in [3.63, 3.8) is 0 Å². The van der Waals surface area contributed by atoms with Crippen LogP contribution in [0.4, 0.5) is 13.2 Å². The van der Waals surface area contributed by atoms with Crippen molar-refractivity contribution in [2.75, 3.05) is 6.54 Å². The molecule has 0 spiro atoms. The zero-order chi connectivity index (χ0) is 12.3. The minimum absolute atomic E-state index is 0.0213. The maximum absolute atomic E-state index is 12.4. The van der Waals surface area contributed by atoms with Gasteiger partial charge in [0.2, 0.25) is 0 Å². The van der Waals surface area contributed by atoms with Gasteiger partial charge in [0.15, 0.2) is 0 Å². The maximum atomic E-state index is 12.4. The average Bonchev–Trinajstić information content (AvgIpc) is 2.16. The number of hydrogen-bond acceptors (Lipinski definition) is 2. The summed E-state index contributed by atoms with van der Waals surface area (Å²) in [5.74, 6) is -0.798. The first-order chi connectivity index (χ1) is 7.36. The van der Waals surface area contributed by atoms with Crippen molar-refractivity contribution in [3.8, 4) is 5.75 Å². The summed E-state index contributed by atoms with van der Waals surface area (Å²) in [5, 5.41) is 9.08. The van der Waals surface area contributed by atoms with Crippen LogP contribution < -0.4 is 5.73 Å². The summed E-state index contributed by atoms with van der Waals surface area (Å²) in [5.41, 5.74) is 4.50. The van der Waals surface area contributed by atoms with Crippen molar-refractivity contribution in [1.29, 1.82) is 0 Å². The number of benzene rings is 1.